The minimum Gasteiger partial charge on any atom is -0.267 e. The summed E-state index contributed by atoms with van der Waals surface area (Å²) in [7, 11) is 0. The number of halogens is 3. The van der Waals surface area contributed by atoms with Crippen LogP contribution in [-0.4, -0.2) is 14.8 Å². The Morgan fingerprint density at radius 1 is 1.31 bits per heavy atom. The monoisotopic (exact) mass is 243 g/mol. The van der Waals surface area contributed by atoms with Crippen LogP contribution in [0, 0.1) is 11.6 Å². The van der Waals surface area contributed by atoms with Gasteiger partial charge in [-0.15, -0.1) is 10.2 Å². The Hall–Kier alpha value is -1.49. The van der Waals surface area contributed by atoms with Crippen LogP contribution in [0.1, 0.15) is 12.7 Å². The van der Waals surface area contributed by atoms with Gasteiger partial charge >= 0.3 is 0 Å². The zero-order valence-corrected chi connectivity index (χ0v) is 9.17. The summed E-state index contributed by atoms with van der Waals surface area (Å²) in [5.41, 5.74) is 0.147. The van der Waals surface area contributed by atoms with Crippen molar-refractivity contribution in [2.24, 2.45) is 0 Å². The van der Waals surface area contributed by atoms with Crippen LogP contribution in [0.3, 0.4) is 0 Å². The molecule has 2 aromatic rings. The van der Waals surface area contributed by atoms with Gasteiger partial charge < -0.3 is 0 Å². The lowest BCUT2D eigenvalue weighted by molar-refractivity contribution is 0.576. The summed E-state index contributed by atoms with van der Waals surface area (Å²) in [5.74, 6) is -0.810. The van der Waals surface area contributed by atoms with Gasteiger partial charge in [0.1, 0.15) is 17.5 Å². The molecule has 0 saturated heterocycles. The average Bonchev–Trinajstić information content (AvgIpc) is 2.60. The topological polar surface area (TPSA) is 30.7 Å². The van der Waals surface area contributed by atoms with Gasteiger partial charge in [0.2, 0.25) is 5.28 Å². The van der Waals surface area contributed by atoms with Crippen LogP contribution in [0.5, 0.6) is 0 Å². The molecule has 0 bridgehead atoms. The molecule has 0 unspecified atom stereocenters. The summed E-state index contributed by atoms with van der Waals surface area (Å²) in [6, 6.07) is 3.26. The van der Waals surface area contributed by atoms with Gasteiger partial charge in [-0.05, 0) is 23.7 Å². The first-order valence-electron chi connectivity index (χ1n) is 4.68. The third kappa shape index (κ3) is 1.78. The molecule has 3 nitrogen and oxygen atoms in total. The molecule has 0 spiro atoms. The predicted molar refractivity (Wildman–Crippen MR) is 55.7 cm³/mol. The van der Waals surface area contributed by atoms with Crippen molar-refractivity contribution in [2.75, 3.05) is 0 Å². The van der Waals surface area contributed by atoms with Crippen LogP contribution in [0.2, 0.25) is 5.28 Å². The molecular formula is C10H8ClF2N3. The Kier molecular flexibility index (Phi) is 2.87. The highest BCUT2D eigenvalue weighted by Gasteiger charge is 2.14. The summed E-state index contributed by atoms with van der Waals surface area (Å²) in [6.45, 7) is 1.85. The third-order valence-corrected chi connectivity index (χ3v) is 2.40. The van der Waals surface area contributed by atoms with E-state index in [9.17, 15) is 8.78 Å². The van der Waals surface area contributed by atoms with Crippen molar-refractivity contribution in [1.82, 2.24) is 14.8 Å². The van der Waals surface area contributed by atoms with Crippen molar-refractivity contribution in [2.45, 2.75) is 13.3 Å². The van der Waals surface area contributed by atoms with E-state index in [-0.39, 0.29) is 11.0 Å². The Morgan fingerprint density at radius 2 is 2.06 bits per heavy atom. The first-order valence-corrected chi connectivity index (χ1v) is 5.06. The second-order valence-corrected chi connectivity index (χ2v) is 3.51. The van der Waals surface area contributed by atoms with E-state index >= 15 is 0 Å². The number of hydrogen-bond acceptors (Lipinski definition) is 2. The molecular weight excluding hydrogens is 236 g/mol. The largest absolute Gasteiger partial charge is 0.267 e. The quantitative estimate of drug-likeness (QED) is 0.812. The highest BCUT2D eigenvalue weighted by molar-refractivity contribution is 6.28. The molecule has 0 N–H and O–H groups in total. The first kappa shape index (κ1) is 11.0. The van der Waals surface area contributed by atoms with Gasteiger partial charge in [-0.1, -0.05) is 6.92 Å². The van der Waals surface area contributed by atoms with E-state index in [1.165, 1.54) is 10.6 Å². The van der Waals surface area contributed by atoms with Crippen LogP contribution in [0.25, 0.3) is 5.69 Å². The zero-order valence-electron chi connectivity index (χ0n) is 8.41. The summed E-state index contributed by atoms with van der Waals surface area (Å²) >= 11 is 5.80. The fourth-order valence-electron chi connectivity index (χ4n) is 1.42. The van der Waals surface area contributed by atoms with Crippen molar-refractivity contribution < 1.29 is 8.78 Å². The number of rotatable bonds is 2. The SMILES string of the molecule is CCc1nnc(Cl)n1-c1ccc(F)cc1F. The predicted octanol–water partition coefficient (Wildman–Crippen LogP) is 2.76. The van der Waals surface area contributed by atoms with Crippen LogP contribution >= 0.6 is 11.6 Å². The molecule has 84 valence electrons. The van der Waals surface area contributed by atoms with E-state index in [1.807, 2.05) is 6.92 Å². The van der Waals surface area contributed by atoms with E-state index in [0.717, 1.165) is 12.1 Å². The molecule has 0 amide bonds. The molecule has 1 aromatic carbocycles. The average molecular weight is 244 g/mol. The second-order valence-electron chi connectivity index (χ2n) is 3.17. The maximum absolute atomic E-state index is 13.5. The molecule has 2 rings (SSSR count). The first-order chi connectivity index (χ1) is 7.63. The molecule has 1 aromatic heterocycles. The molecule has 0 atom stereocenters. The van der Waals surface area contributed by atoms with E-state index in [0.29, 0.717) is 12.2 Å². The van der Waals surface area contributed by atoms with Crippen LogP contribution in [-0.2, 0) is 6.42 Å². The molecule has 0 radical (unpaired) electrons. The Morgan fingerprint density at radius 3 is 2.69 bits per heavy atom. The molecule has 6 heteroatoms. The van der Waals surface area contributed by atoms with E-state index < -0.39 is 11.6 Å². The van der Waals surface area contributed by atoms with Crippen molar-refractivity contribution >= 4 is 11.6 Å². The molecule has 0 fully saturated rings. The van der Waals surface area contributed by atoms with Gasteiger partial charge in [-0.2, -0.15) is 0 Å². The molecule has 0 saturated carbocycles. The number of aryl methyl sites for hydroxylation is 1. The van der Waals surface area contributed by atoms with Crippen molar-refractivity contribution in [3.63, 3.8) is 0 Å². The third-order valence-electron chi connectivity index (χ3n) is 2.16. The Balaban J connectivity index is 2.62. The molecule has 0 aliphatic rings. The minimum atomic E-state index is -0.698. The molecule has 1 heterocycles. The summed E-state index contributed by atoms with van der Waals surface area (Å²) in [4.78, 5) is 0. The van der Waals surface area contributed by atoms with E-state index in [4.69, 9.17) is 11.6 Å². The smallest absolute Gasteiger partial charge is 0.229 e. The fourth-order valence-corrected chi connectivity index (χ4v) is 1.65. The summed E-state index contributed by atoms with van der Waals surface area (Å²) in [6.07, 6.45) is 0.552. The molecule has 0 aliphatic carbocycles. The highest BCUT2D eigenvalue weighted by atomic mass is 35.5. The number of aromatic nitrogens is 3. The molecule has 16 heavy (non-hydrogen) atoms. The molecule has 0 aliphatic heterocycles. The van der Waals surface area contributed by atoms with Gasteiger partial charge in [0.25, 0.3) is 0 Å². The number of hydrogen-bond donors (Lipinski definition) is 0. The highest BCUT2D eigenvalue weighted by Crippen LogP contribution is 2.20. The van der Waals surface area contributed by atoms with E-state index in [2.05, 4.69) is 10.2 Å². The Labute approximate surface area is 95.7 Å². The van der Waals surface area contributed by atoms with Gasteiger partial charge in [0, 0.05) is 12.5 Å². The second kappa shape index (κ2) is 4.17. The lowest BCUT2D eigenvalue weighted by Crippen LogP contribution is -2.03. The van der Waals surface area contributed by atoms with Crippen molar-refractivity contribution in [3.8, 4) is 5.69 Å². The summed E-state index contributed by atoms with van der Waals surface area (Å²) < 4.78 is 27.7. The maximum atomic E-state index is 13.5. The van der Waals surface area contributed by atoms with Crippen molar-refractivity contribution in [1.29, 1.82) is 0 Å². The van der Waals surface area contributed by atoms with Gasteiger partial charge in [-0.25, -0.2) is 8.78 Å². The van der Waals surface area contributed by atoms with Crippen molar-refractivity contribution in [3.05, 3.63) is 40.9 Å². The van der Waals surface area contributed by atoms with Crippen LogP contribution in [0.4, 0.5) is 8.78 Å². The lowest BCUT2D eigenvalue weighted by Gasteiger charge is -2.07. The van der Waals surface area contributed by atoms with E-state index in [1.54, 1.807) is 0 Å². The van der Waals surface area contributed by atoms with Gasteiger partial charge in [0.05, 0.1) is 5.69 Å². The van der Waals surface area contributed by atoms with Crippen LogP contribution < -0.4 is 0 Å². The zero-order chi connectivity index (χ0) is 11.7. The fraction of sp³-hybridized carbons (Fsp3) is 0.200. The Bertz CT molecular complexity index is 525. The maximum Gasteiger partial charge on any atom is 0.229 e. The standard InChI is InChI=1S/C10H8ClF2N3/c1-2-9-14-15-10(11)16(9)8-4-3-6(12)5-7(8)13/h3-5H,2H2,1H3. The number of benzene rings is 1. The lowest BCUT2D eigenvalue weighted by atomic mass is 10.3. The minimum absolute atomic E-state index is 0.0577. The summed E-state index contributed by atoms with van der Waals surface area (Å²) in [5, 5.41) is 7.50. The normalized spacial score (nSPS) is 10.8. The van der Waals surface area contributed by atoms with Gasteiger partial charge in [0.15, 0.2) is 0 Å². The van der Waals surface area contributed by atoms with Gasteiger partial charge in [-0.3, -0.25) is 4.57 Å². The van der Waals surface area contributed by atoms with Crippen LogP contribution in [0.15, 0.2) is 18.2 Å². The number of nitrogens with zero attached hydrogens (tertiary/aromatic N) is 3.